The van der Waals surface area contributed by atoms with E-state index in [1.54, 1.807) is 17.5 Å². The first-order chi connectivity index (χ1) is 11.6. The molecule has 9 heteroatoms. The van der Waals surface area contributed by atoms with Gasteiger partial charge in [0.2, 0.25) is 0 Å². The third kappa shape index (κ3) is 3.72. The van der Waals surface area contributed by atoms with Gasteiger partial charge in [-0.05, 0) is 28.8 Å². The molecular weight excluding hydrogens is 392 g/mol. The number of nitrogens with one attached hydrogen (secondary N) is 2. The standard InChI is InChI=1S/C15H16BBrClN5O/c1-16(24)20-7-6-19-14-8-13(10-4-2-3-5-12(10)18)22-15-11(17)9-21-23(14)15/h2-5,8-9,19-20,24H,6-7H2,1H3. The maximum atomic E-state index is 9.26. The van der Waals surface area contributed by atoms with Crippen LogP contribution in [0.2, 0.25) is 11.8 Å². The molecule has 2 heterocycles. The Hall–Kier alpha value is -1.61. The van der Waals surface area contributed by atoms with Gasteiger partial charge in [0.25, 0.3) is 0 Å². The van der Waals surface area contributed by atoms with E-state index in [4.69, 9.17) is 11.6 Å². The highest BCUT2D eigenvalue weighted by Crippen LogP contribution is 2.30. The third-order valence-electron chi connectivity index (χ3n) is 3.45. The first-order valence-electron chi connectivity index (χ1n) is 7.51. The fraction of sp³-hybridized carbons (Fsp3) is 0.200. The van der Waals surface area contributed by atoms with Gasteiger partial charge in [0.1, 0.15) is 5.82 Å². The highest BCUT2D eigenvalue weighted by Gasteiger charge is 2.13. The van der Waals surface area contributed by atoms with Crippen LogP contribution in [0.5, 0.6) is 0 Å². The second kappa shape index (κ2) is 7.52. The van der Waals surface area contributed by atoms with Crippen molar-refractivity contribution in [1.82, 2.24) is 19.8 Å². The van der Waals surface area contributed by atoms with Crippen LogP contribution in [0.25, 0.3) is 16.9 Å². The zero-order chi connectivity index (χ0) is 17.1. The van der Waals surface area contributed by atoms with Crippen molar-refractivity contribution in [2.45, 2.75) is 6.82 Å². The second-order valence-corrected chi connectivity index (χ2v) is 6.55. The van der Waals surface area contributed by atoms with E-state index in [-0.39, 0.29) is 0 Å². The molecule has 124 valence electrons. The average molecular weight is 408 g/mol. The van der Waals surface area contributed by atoms with E-state index in [0.29, 0.717) is 23.8 Å². The monoisotopic (exact) mass is 407 g/mol. The van der Waals surface area contributed by atoms with Crippen molar-refractivity contribution < 1.29 is 5.02 Å². The fourth-order valence-corrected chi connectivity index (χ4v) is 2.92. The van der Waals surface area contributed by atoms with Crippen LogP contribution < -0.4 is 10.5 Å². The SMILES string of the molecule is CB(O)NCCNc1cc(-c2ccccc2Cl)nc2c(Br)cnn12. The summed E-state index contributed by atoms with van der Waals surface area (Å²) in [5.74, 6) is 0.799. The fourth-order valence-electron chi connectivity index (χ4n) is 2.34. The van der Waals surface area contributed by atoms with Crippen molar-refractivity contribution >= 4 is 46.0 Å². The minimum absolute atomic E-state index is 0.540. The summed E-state index contributed by atoms with van der Waals surface area (Å²) in [4.78, 5) is 4.66. The Balaban J connectivity index is 1.96. The molecule has 6 nitrogen and oxygen atoms in total. The summed E-state index contributed by atoms with van der Waals surface area (Å²) in [6.07, 6.45) is 1.71. The second-order valence-electron chi connectivity index (χ2n) is 5.29. The molecule has 0 spiro atoms. The lowest BCUT2D eigenvalue weighted by Crippen LogP contribution is -2.34. The lowest BCUT2D eigenvalue weighted by atomic mass is 9.89. The van der Waals surface area contributed by atoms with E-state index >= 15 is 0 Å². The molecule has 0 aliphatic heterocycles. The molecule has 0 saturated heterocycles. The normalized spacial score (nSPS) is 11.0. The Kier molecular flexibility index (Phi) is 5.40. The molecule has 2 aromatic heterocycles. The van der Waals surface area contributed by atoms with Crippen LogP contribution in [0.3, 0.4) is 0 Å². The maximum absolute atomic E-state index is 9.26. The summed E-state index contributed by atoms with van der Waals surface area (Å²) in [5, 5.41) is 20.5. The molecule has 0 atom stereocenters. The van der Waals surface area contributed by atoms with Crippen LogP contribution in [0.1, 0.15) is 0 Å². The number of aromatic nitrogens is 3. The van der Waals surface area contributed by atoms with Crippen molar-refractivity contribution in [3.8, 4) is 11.3 Å². The number of benzene rings is 1. The summed E-state index contributed by atoms with van der Waals surface area (Å²) in [5.41, 5.74) is 2.33. The molecule has 0 amide bonds. The molecule has 0 aliphatic rings. The zero-order valence-electron chi connectivity index (χ0n) is 13.0. The maximum Gasteiger partial charge on any atom is 0.373 e. The summed E-state index contributed by atoms with van der Waals surface area (Å²) in [7, 11) is -0.540. The Morgan fingerprint density at radius 3 is 2.88 bits per heavy atom. The van der Waals surface area contributed by atoms with E-state index in [1.807, 2.05) is 30.3 Å². The minimum atomic E-state index is -0.540. The lowest BCUT2D eigenvalue weighted by Gasteiger charge is -2.12. The molecule has 0 fully saturated rings. The summed E-state index contributed by atoms with van der Waals surface area (Å²) in [6.45, 7) is 2.93. The molecule has 0 unspecified atom stereocenters. The smallest absolute Gasteiger partial charge is 0.373 e. The van der Waals surface area contributed by atoms with Crippen molar-refractivity contribution in [2.75, 3.05) is 18.4 Å². The molecule has 0 aliphatic carbocycles. The van der Waals surface area contributed by atoms with Crippen molar-refractivity contribution in [3.05, 3.63) is 46.0 Å². The van der Waals surface area contributed by atoms with Gasteiger partial charge >= 0.3 is 7.05 Å². The summed E-state index contributed by atoms with van der Waals surface area (Å²) >= 11 is 9.78. The molecular formula is C15H16BBrClN5O. The van der Waals surface area contributed by atoms with Gasteiger partial charge < -0.3 is 15.6 Å². The minimum Gasteiger partial charge on any atom is -0.437 e. The third-order valence-corrected chi connectivity index (χ3v) is 4.34. The largest absolute Gasteiger partial charge is 0.437 e. The number of nitrogens with zero attached hydrogens (tertiary/aromatic N) is 3. The van der Waals surface area contributed by atoms with E-state index < -0.39 is 7.05 Å². The van der Waals surface area contributed by atoms with Crippen LogP contribution in [0, 0.1) is 0 Å². The molecule has 3 aromatic rings. The zero-order valence-corrected chi connectivity index (χ0v) is 15.3. The quantitative estimate of drug-likeness (QED) is 0.432. The molecule has 0 saturated carbocycles. The molecule has 3 N–H and O–H groups in total. The van der Waals surface area contributed by atoms with Gasteiger partial charge in [-0.1, -0.05) is 29.8 Å². The summed E-state index contributed by atoms with van der Waals surface area (Å²) < 4.78 is 2.54. The first kappa shape index (κ1) is 17.2. The summed E-state index contributed by atoms with van der Waals surface area (Å²) in [6, 6.07) is 9.51. The average Bonchev–Trinajstić information content (AvgIpc) is 2.93. The van der Waals surface area contributed by atoms with Crippen LogP contribution in [0.4, 0.5) is 5.82 Å². The molecule has 0 radical (unpaired) electrons. The van der Waals surface area contributed by atoms with Gasteiger partial charge in [-0.15, -0.1) is 0 Å². The number of fused-ring (bicyclic) bond motifs is 1. The van der Waals surface area contributed by atoms with E-state index in [2.05, 4.69) is 36.6 Å². The van der Waals surface area contributed by atoms with E-state index in [1.165, 1.54) is 0 Å². The van der Waals surface area contributed by atoms with Gasteiger partial charge in [0.05, 0.1) is 16.4 Å². The van der Waals surface area contributed by atoms with Gasteiger partial charge in [0, 0.05) is 29.7 Å². The molecule has 3 rings (SSSR count). The Morgan fingerprint density at radius 1 is 1.33 bits per heavy atom. The Bertz CT molecular complexity index is 857. The number of anilines is 1. The van der Waals surface area contributed by atoms with E-state index in [0.717, 1.165) is 21.5 Å². The topological polar surface area (TPSA) is 74.5 Å². The number of rotatable bonds is 6. The highest BCUT2D eigenvalue weighted by molar-refractivity contribution is 9.10. The van der Waals surface area contributed by atoms with Crippen LogP contribution in [0.15, 0.2) is 41.0 Å². The van der Waals surface area contributed by atoms with Crippen LogP contribution in [-0.2, 0) is 0 Å². The first-order valence-corrected chi connectivity index (χ1v) is 8.68. The van der Waals surface area contributed by atoms with Gasteiger partial charge in [-0.25, -0.2) is 4.98 Å². The van der Waals surface area contributed by atoms with Crippen molar-refractivity contribution in [2.24, 2.45) is 0 Å². The molecule has 24 heavy (non-hydrogen) atoms. The van der Waals surface area contributed by atoms with Crippen LogP contribution in [-0.4, -0.2) is 39.8 Å². The predicted molar refractivity (Wildman–Crippen MR) is 101 cm³/mol. The van der Waals surface area contributed by atoms with Crippen molar-refractivity contribution in [3.63, 3.8) is 0 Å². The van der Waals surface area contributed by atoms with Crippen LogP contribution >= 0.6 is 27.5 Å². The number of halogens is 2. The van der Waals surface area contributed by atoms with E-state index in [9.17, 15) is 5.02 Å². The van der Waals surface area contributed by atoms with Gasteiger partial charge in [-0.3, -0.25) is 0 Å². The Morgan fingerprint density at radius 2 is 2.12 bits per heavy atom. The predicted octanol–water partition coefficient (Wildman–Crippen LogP) is 2.92. The number of hydrogen-bond donors (Lipinski definition) is 3. The lowest BCUT2D eigenvalue weighted by molar-refractivity contribution is 0.556. The van der Waals surface area contributed by atoms with Gasteiger partial charge in [0.15, 0.2) is 5.65 Å². The molecule has 0 bridgehead atoms. The Labute approximate surface area is 153 Å². The van der Waals surface area contributed by atoms with Crippen molar-refractivity contribution in [1.29, 1.82) is 0 Å². The number of hydrogen-bond acceptors (Lipinski definition) is 5. The highest BCUT2D eigenvalue weighted by atomic mass is 79.9. The van der Waals surface area contributed by atoms with Gasteiger partial charge in [-0.2, -0.15) is 9.61 Å². The molecule has 1 aromatic carbocycles.